The predicted octanol–water partition coefficient (Wildman–Crippen LogP) is 3.59. The molecule has 3 rings (SSSR count). The normalized spacial score (nSPS) is 18.0. The number of halogens is 1. The summed E-state index contributed by atoms with van der Waals surface area (Å²) in [5.74, 6) is 0.978. The number of guanidine groups is 1. The van der Waals surface area contributed by atoms with Crippen LogP contribution in [0.25, 0.3) is 0 Å². The molecule has 0 unspecified atom stereocenters. The number of hydrogen-bond acceptors (Lipinski definition) is 2. The largest absolute Gasteiger partial charge is 0.378 e. The van der Waals surface area contributed by atoms with Crippen LogP contribution >= 0.6 is 24.0 Å². The number of benzene rings is 1. The van der Waals surface area contributed by atoms with Gasteiger partial charge in [0.1, 0.15) is 0 Å². The Balaban J connectivity index is 0.00000192. The highest BCUT2D eigenvalue weighted by molar-refractivity contribution is 14.0. The van der Waals surface area contributed by atoms with Crippen LogP contribution in [0.2, 0.25) is 0 Å². The highest BCUT2D eigenvalue weighted by Gasteiger charge is 2.22. The molecule has 1 aliphatic carbocycles. The van der Waals surface area contributed by atoms with Gasteiger partial charge in [-0.15, -0.1) is 24.0 Å². The van der Waals surface area contributed by atoms with Crippen molar-refractivity contribution < 1.29 is 4.74 Å². The Morgan fingerprint density at radius 3 is 2.87 bits per heavy atom. The predicted molar refractivity (Wildman–Crippen MR) is 107 cm³/mol. The molecule has 23 heavy (non-hydrogen) atoms. The molecule has 4 nitrogen and oxygen atoms in total. The van der Waals surface area contributed by atoms with Crippen molar-refractivity contribution in [2.75, 3.05) is 31.6 Å². The van der Waals surface area contributed by atoms with E-state index in [0.717, 1.165) is 38.5 Å². The lowest BCUT2D eigenvalue weighted by Gasteiger charge is -2.22. The molecular formula is C18H28IN3O. The van der Waals surface area contributed by atoms with Gasteiger partial charge in [-0.3, -0.25) is 4.99 Å². The highest BCUT2D eigenvalue weighted by Crippen LogP contribution is 2.27. The van der Waals surface area contributed by atoms with Gasteiger partial charge in [0, 0.05) is 32.4 Å². The zero-order valence-electron chi connectivity index (χ0n) is 14.0. The van der Waals surface area contributed by atoms with Crippen LogP contribution in [0.15, 0.2) is 29.3 Å². The molecule has 1 N–H and O–H groups in total. The van der Waals surface area contributed by atoms with Crippen molar-refractivity contribution in [3.63, 3.8) is 0 Å². The summed E-state index contributed by atoms with van der Waals surface area (Å²) in [6, 6.07) is 8.59. The molecule has 1 aromatic carbocycles. The van der Waals surface area contributed by atoms with E-state index in [4.69, 9.17) is 4.74 Å². The first-order valence-corrected chi connectivity index (χ1v) is 8.56. The second kappa shape index (κ2) is 9.47. The van der Waals surface area contributed by atoms with Crippen LogP contribution in [0.1, 0.15) is 37.7 Å². The van der Waals surface area contributed by atoms with Gasteiger partial charge in [0.2, 0.25) is 0 Å². The molecule has 0 spiro atoms. The highest BCUT2D eigenvalue weighted by atomic mass is 127. The minimum absolute atomic E-state index is 0. The van der Waals surface area contributed by atoms with Gasteiger partial charge in [-0.2, -0.15) is 0 Å². The Morgan fingerprint density at radius 1 is 1.30 bits per heavy atom. The molecule has 1 aliphatic heterocycles. The SMILES string of the molecule is CN=C(NCCCOC1CCCC1)N1CCc2ccccc21.I. The Bertz CT molecular complexity index is 515. The molecule has 2 aliphatic rings. The summed E-state index contributed by atoms with van der Waals surface area (Å²) in [6.07, 6.45) is 7.82. The molecule has 0 amide bonds. The number of anilines is 1. The maximum Gasteiger partial charge on any atom is 0.198 e. The molecule has 0 aromatic heterocycles. The van der Waals surface area contributed by atoms with Crippen molar-refractivity contribution in [2.45, 2.75) is 44.6 Å². The smallest absolute Gasteiger partial charge is 0.198 e. The monoisotopic (exact) mass is 429 g/mol. The van der Waals surface area contributed by atoms with Gasteiger partial charge in [-0.1, -0.05) is 31.0 Å². The second-order valence-electron chi connectivity index (χ2n) is 6.14. The van der Waals surface area contributed by atoms with Gasteiger partial charge in [0.15, 0.2) is 5.96 Å². The number of rotatable bonds is 5. The van der Waals surface area contributed by atoms with E-state index in [-0.39, 0.29) is 24.0 Å². The zero-order chi connectivity index (χ0) is 15.2. The number of aliphatic imine (C=N–C) groups is 1. The number of hydrogen-bond donors (Lipinski definition) is 1. The lowest BCUT2D eigenvalue weighted by Crippen LogP contribution is -2.41. The van der Waals surface area contributed by atoms with Crippen molar-refractivity contribution in [1.82, 2.24) is 5.32 Å². The molecule has 0 atom stereocenters. The summed E-state index contributed by atoms with van der Waals surface area (Å²) in [4.78, 5) is 6.72. The van der Waals surface area contributed by atoms with E-state index in [1.807, 2.05) is 7.05 Å². The van der Waals surface area contributed by atoms with E-state index >= 15 is 0 Å². The first kappa shape index (κ1) is 18.5. The number of para-hydroxylation sites is 1. The van der Waals surface area contributed by atoms with E-state index in [2.05, 4.69) is 39.5 Å². The van der Waals surface area contributed by atoms with E-state index in [9.17, 15) is 0 Å². The zero-order valence-corrected chi connectivity index (χ0v) is 16.3. The maximum atomic E-state index is 5.91. The third kappa shape index (κ3) is 4.83. The van der Waals surface area contributed by atoms with E-state index in [1.165, 1.54) is 36.9 Å². The minimum Gasteiger partial charge on any atom is -0.378 e. The van der Waals surface area contributed by atoms with Crippen LogP contribution in [0.5, 0.6) is 0 Å². The number of nitrogens with one attached hydrogen (secondary N) is 1. The number of ether oxygens (including phenoxy) is 1. The minimum atomic E-state index is 0. The van der Waals surface area contributed by atoms with Crippen LogP contribution in [0.3, 0.4) is 0 Å². The summed E-state index contributed by atoms with van der Waals surface area (Å²) >= 11 is 0. The quantitative estimate of drug-likeness (QED) is 0.337. The standard InChI is InChI=1S/C18H27N3O.HI/c1-19-18(20-12-6-14-22-16-8-3-4-9-16)21-13-11-15-7-2-5-10-17(15)21;/h2,5,7,10,16H,3-4,6,8-9,11-14H2,1H3,(H,19,20);1H. The fraction of sp³-hybridized carbons (Fsp3) is 0.611. The third-order valence-electron chi connectivity index (χ3n) is 4.61. The van der Waals surface area contributed by atoms with Gasteiger partial charge in [-0.25, -0.2) is 0 Å². The molecular weight excluding hydrogens is 401 g/mol. The Kier molecular flexibility index (Phi) is 7.62. The molecule has 5 heteroatoms. The molecule has 1 fully saturated rings. The number of nitrogens with zero attached hydrogens (tertiary/aromatic N) is 2. The Hall–Kier alpha value is -0.820. The molecule has 0 saturated heterocycles. The van der Waals surface area contributed by atoms with Crippen LogP contribution in [0.4, 0.5) is 5.69 Å². The Labute approximate surface area is 156 Å². The molecule has 1 aromatic rings. The maximum absolute atomic E-state index is 5.91. The Morgan fingerprint density at radius 2 is 2.09 bits per heavy atom. The van der Waals surface area contributed by atoms with Crippen molar-refractivity contribution in [3.8, 4) is 0 Å². The molecule has 0 bridgehead atoms. The molecule has 0 radical (unpaired) electrons. The lowest BCUT2D eigenvalue weighted by molar-refractivity contribution is 0.0574. The first-order chi connectivity index (χ1) is 10.9. The van der Waals surface area contributed by atoms with Crippen molar-refractivity contribution in [2.24, 2.45) is 4.99 Å². The van der Waals surface area contributed by atoms with E-state index in [1.54, 1.807) is 0 Å². The number of fused-ring (bicyclic) bond motifs is 1. The van der Waals surface area contributed by atoms with Crippen molar-refractivity contribution >= 4 is 35.6 Å². The fourth-order valence-electron chi connectivity index (χ4n) is 3.43. The van der Waals surface area contributed by atoms with Crippen LogP contribution in [-0.2, 0) is 11.2 Å². The van der Waals surface area contributed by atoms with Gasteiger partial charge in [0.25, 0.3) is 0 Å². The van der Waals surface area contributed by atoms with Gasteiger partial charge < -0.3 is 15.0 Å². The summed E-state index contributed by atoms with van der Waals surface area (Å²) in [6.45, 7) is 2.78. The van der Waals surface area contributed by atoms with Gasteiger partial charge >= 0.3 is 0 Å². The molecule has 1 heterocycles. The summed E-state index contributed by atoms with van der Waals surface area (Å²) in [5.41, 5.74) is 2.70. The van der Waals surface area contributed by atoms with Gasteiger partial charge in [-0.05, 0) is 37.3 Å². The summed E-state index contributed by atoms with van der Waals surface area (Å²) < 4.78 is 5.91. The summed E-state index contributed by atoms with van der Waals surface area (Å²) in [5, 5.41) is 3.47. The third-order valence-corrected chi connectivity index (χ3v) is 4.61. The first-order valence-electron chi connectivity index (χ1n) is 8.56. The fourth-order valence-corrected chi connectivity index (χ4v) is 3.43. The topological polar surface area (TPSA) is 36.9 Å². The van der Waals surface area contributed by atoms with Crippen molar-refractivity contribution in [1.29, 1.82) is 0 Å². The molecule has 1 saturated carbocycles. The van der Waals surface area contributed by atoms with Crippen LogP contribution in [0, 0.1) is 0 Å². The second-order valence-corrected chi connectivity index (χ2v) is 6.14. The lowest BCUT2D eigenvalue weighted by atomic mass is 10.2. The average Bonchev–Trinajstić information content (AvgIpc) is 3.20. The van der Waals surface area contributed by atoms with E-state index < -0.39 is 0 Å². The van der Waals surface area contributed by atoms with Gasteiger partial charge in [0.05, 0.1) is 6.10 Å². The van der Waals surface area contributed by atoms with Crippen molar-refractivity contribution in [3.05, 3.63) is 29.8 Å². The van der Waals surface area contributed by atoms with E-state index in [0.29, 0.717) is 6.10 Å². The molecule has 128 valence electrons. The summed E-state index contributed by atoms with van der Waals surface area (Å²) in [7, 11) is 1.86. The van der Waals surface area contributed by atoms with Crippen LogP contribution < -0.4 is 10.2 Å². The van der Waals surface area contributed by atoms with Crippen LogP contribution in [-0.4, -0.2) is 38.8 Å². The average molecular weight is 429 g/mol.